The number of benzene rings is 2. The number of carbonyl (C=O) groups excluding carboxylic acids is 5. The first-order valence-corrected chi connectivity index (χ1v) is 14.7. The summed E-state index contributed by atoms with van der Waals surface area (Å²) in [4.78, 5) is 66.7. The number of ether oxygens (including phenoxy) is 4. The molecule has 0 saturated heterocycles. The van der Waals surface area contributed by atoms with Crippen LogP contribution in [-0.2, 0) is 41.8 Å². The number of methoxy groups -OCH3 is 1. The molecule has 0 unspecified atom stereocenters. The minimum absolute atomic E-state index is 0.0150. The van der Waals surface area contributed by atoms with Gasteiger partial charge in [-0.1, -0.05) is 60.7 Å². The first-order valence-electron chi connectivity index (χ1n) is 14.7. The number of nitrogens with two attached hydrogens (primary N) is 1. The van der Waals surface area contributed by atoms with E-state index < -0.39 is 47.8 Å². The molecule has 0 saturated carbocycles. The highest BCUT2D eigenvalue weighted by Crippen LogP contribution is 2.11. The van der Waals surface area contributed by atoms with Gasteiger partial charge in [-0.3, -0.25) is 9.59 Å². The van der Waals surface area contributed by atoms with E-state index in [1.54, 1.807) is 69.3 Å². The molecule has 0 radical (unpaired) electrons. The standard InChI is InChI=1S/C32H43N5O9/c1-32(2,3)46-30(41)35-25(20-26(38)34-18-17-27(39)43-4)16-11-19-37(31(42)45-22-24-14-9-6-10-15-24)28(33)36-29(40)44-21-23-12-7-5-8-13-23/h5-10,12-15,25H,11,16-22H2,1-4H3,(H,34,38)(H,35,41)(H2,33,36,40)/t25-/m0/s1. The molecule has 0 fully saturated rings. The van der Waals surface area contributed by atoms with Crippen molar-refractivity contribution in [3.63, 3.8) is 0 Å². The van der Waals surface area contributed by atoms with Gasteiger partial charge in [-0.15, -0.1) is 4.99 Å². The quantitative estimate of drug-likeness (QED) is 0.118. The normalized spacial score (nSPS) is 11.9. The number of carbonyl (C=O) groups is 5. The molecular weight excluding hydrogens is 598 g/mol. The fraction of sp³-hybridized carbons (Fsp3) is 0.438. The molecule has 0 aliphatic rings. The third-order valence-corrected chi connectivity index (χ3v) is 6.08. The van der Waals surface area contributed by atoms with Crippen molar-refractivity contribution >= 4 is 36.1 Å². The van der Waals surface area contributed by atoms with Gasteiger partial charge in [0.2, 0.25) is 11.9 Å². The zero-order valence-electron chi connectivity index (χ0n) is 26.7. The van der Waals surface area contributed by atoms with Gasteiger partial charge in [-0.25, -0.2) is 19.3 Å². The molecule has 4 amide bonds. The minimum Gasteiger partial charge on any atom is -0.469 e. The average Bonchev–Trinajstić information content (AvgIpc) is 3.00. The smallest absolute Gasteiger partial charge is 0.437 e. The Morgan fingerprint density at radius 2 is 1.50 bits per heavy atom. The highest BCUT2D eigenvalue weighted by Gasteiger charge is 2.24. The maximum Gasteiger partial charge on any atom is 0.437 e. The van der Waals surface area contributed by atoms with E-state index in [9.17, 15) is 24.0 Å². The monoisotopic (exact) mass is 641 g/mol. The Hall–Kier alpha value is -5.14. The number of guanidine groups is 1. The van der Waals surface area contributed by atoms with Crippen LogP contribution in [0.4, 0.5) is 14.4 Å². The molecule has 250 valence electrons. The van der Waals surface area contributed by atoms with Crippen LogP contribution in [0.1, 0.15) is 57.6 Å². The van der Waals surface area contributed by atoms with E-state index in [0.29, 0.717) is 0 Å². The van der Waals surface area contributed by atoms with Crippen LogP contribution in [0.15, 0.2) is 65.7 Å². The summed E-state index contributed by atoms with van der Waals surface area (Å²) < 4.78 is 20.5. The van der Waals surface area contributed by atoms with Crippen LogP contribution in [0.25, 0.3) is 0 Å². The maximum absolute atomic E-state index is 13.1. The lowest BCUT2D eigenvalue weighted by molar-refractivity contribution is -0.140. The molecule has 1 atom stereocenters. The van der Waals surface area contributed by atoms with Crippen molar-refractivity contribution in [2.24, 2.45) is 10.7 Å². The summed E-state index contributed by atoms with van der Waals surface area (Å²) in [5.41, 5.74) is 6.77. The lowest BCUT2D eigenvalue weighted by atomic mass is 10.1. The Labute approximate surface area is 268 Å². The van der Waals surface area contributed by atoms with Crippen molar-refractivity contribution in [1.29, 1.82) is 0 Å². The van der Waals surface area contributed by atoms with Crippen molar-refractivity contribution in [2.45, 2.75) is 71.3 Å². The van der Waals surface area contributed by atoms with Gasteiger partial charge < -0.3 is 35.3 Å². The molecular formula is C32H43N5O9. The van der Waals surface area contributed by atoms with Gasteiger partial charge >= 0.3 is 24.2 Å². The highest BCUT2D eigenvalue weighted by atomic mass is 16.6. The Balaban J connectivity index is 2.11. The van der Waals surface area contributed by atoms with Crippen molar-refractivity contribution < 1.29 is 42.9 Å². The van der Waals surface area contributed by atoms with Crippen molar-refractivity contribution in [2.75, 3.05) is 20.2 Å². The van der Waals surface area contributed by atoms with Crippen LogP contribution in [0.5, 0.6) is 0 Å². The number of rotatable bonds is 14. The molecule has 0 aliphatic heterocycles. The van der Waals surface area contributed by atoms with Crippen LogP contribution in [0.3, 0.4) is 0 Å². The summed E-state index contributed by atoms with van der Waals surface area (Å²) in [6, 6.07) is 17.2. The molecule has 0 spiro atoms. The van der Waals surface area contributed by atoms with Crippen LogP contribution in [0, 0.1) is 0 Å². The second kappa shape index (κ2) is 19.3. The lowest BCUT2D eigenvalue weighted by Crippen LogP contribution is -2.45. The number of nitrogens with one attached hydrogen (secondary N) is 2. The van der Waals surface area contributed by atoms with E-state index in [1.807, 2.05) is 12.1 Å². The minimum atomic E-state index is -1.00. The van der Waals surface area contributed by atoms with Gasteiger partial charge in [0.15, 0.2) is 0 Å². The van der Waals surface area contributed by atoms with Crippen molar-refractivity contribution in [3.8, 4) is 0 Å². The number of aliphatic imine (C=N–C) groups is 1. The summed E-state index contributed by atoms with van der Waals surface area (Å²) in [6.07, 6.45) is -2.37. The summed E-state index contributed by atoms with van der Waals surface area (Å²) in [5.74, 6) is -1.36. The van der Waals surface area contributed by atoms with Crippen LogP contribution < -0.4 is 16.4 Å². The van der Waals surface area contributed by atoms with E-state index >= 15 is 0 Å². The molecule has 14 heteroatoms. The third-order valence-electron chi connectivity index (χ3n) is 6.08. The number of hydrogen-bond donors (Lipinski definition) is 3. The maximum atomic E-state index is 13.1. The van der Waals surface area contributed by atoms with E-state index in [2.05, 4.69) is 20.4 Å². The molecule has 0 aliphatic carbocycles. The molecule has 0 heterocycles. The average molecular weight is 642 g/mol. The largest absolute Gasteiger partial charge is 0.469 e. The molecule has 4 N–H and O–H groups in total. The molecule has 14 nitrogen and oxygen atoms in total. The number of nitrogens with zero attached hydrogens (tertiary/aromatic N) is 2. The van der Waals surface area contributed by atoms with E-state index in [-0.39, 0.29) is 52.0 Å². The van der Waals surface area contributed by atoms with Crippen LogP contribution in [-0.4, -0.2) is 72.9 Å². The predicted octanol–water partition coefficient (Wildman–Crippen LogP) is 4.02. The summed E-state index contributed by atoms with van der Waals surface area (Å²) >= 11 is 0. The van der Waals surface area contributed by atoms with E-state index in [1.165, 1.54) is 7.11 Å². The Bertz CT molecular complexity index is 1310. The van der Waals surface area contributed by atoms with Gasteiger partial charge in [0.05, 0.1) is 13.5 Å². The third kappa shape index (κ3) is 15.5. The number of esters is 1. The summed E-state index contributed by atoms with van der Waals surface area (Å²) in [6.45, 7) is 4.97. The van der Waals surface area contributed by atoms with Crippen molar-refractivity contribution in [3.05, 3.63) is 71.8 Å². The molecule has 46 heavy (non-hydrogen) atoms. The molecule has 2 rings (SSSR count). The van der Waals surface area contributed by atoms with Crippen LogP contribution in [0.2, 0.25) is 0 Å². The topological polar surface area (TPSA) is 188 Å². The fourth-order valence-corrected chi connectivity index (χ4v) is 3.90. The summed E-state index contributed by atoms with van der Waals surface area (Å²) in [5, 5.41) is 5.28. The Morgan fingerprint density at radius 3 is 2.07 bits per heavy atom. The van der Waals surface area contributed by atoms with E-state index in [0.717, 1.165) is 16.0 Å². The number of hydrogen-bond acceptors (Lipinski definition) is 9. The van der Waals surface area contributed by atoms with Gasteiger partial charge in [0.25, 0.3) is 0 Å². The first-order chi connectivity index (χ1) is 21.9. The number of amides is 4. The molecule has 2 aromatic rings. The lowest BCUT2D eigenvalue weighted by Gasteiger charge is -2.25. The molecule has 2 aromatic carbocycles. The second-order valence-electron chi connectivity index (χ2n) is 11.1. The van der Waals surface area contributed by atoms with Gasteiger partial charge in [-0.2, -0.15) is 0 Å². The zero-order chi connectivity index (χ0) is 34.0. The van der Waals surface area contributed by atoms with E-state index in [4.69, 9.17) is 19.9 Å². The van der Waals surface area contributed by atoms with Crippen LogP contribution >= 0.6 is 0 Å². The molecule has 0 bridgehead atoms. The van der Waals surface area contributed by atoms with Crippen molar-refractivity contribution in [1.82, 2.24) is 15.5 Å². The predicted molar refractivity (Wildman–Crippen MR) is 168 cm³/mol. The van der Waals surface area contributed by atoms with Gasteiger partial charge in [0, 0.05) is 25.6 Å². The highest BCUT2D eigenvalue weighted by molar-refractivity contribution is 5.97. The first kappa shape index (κ1) is 37.0. The summed E-state index contributed by atoms with van der Waals surface area (Å²) in [7, 11) is 1.25. The second-order valence-corrected chi connectivity index (χ2v) is 11.1. The fourth-order valence-electron chi connectivity index (χ4n) is 3.90. The SMILES string of the molecule is COC(=O)CCNC(=O)C[C@H](CCCN(C(=O)OCc1ccccc1)/C(N)=N/C(=O)OCc1ccccc1)NC(=O)OC(C)(C)C. The van der Waals surface area contributed by atoms with Gasteiger partial charge in [0.1, 0.15) is 18.8 Å². The van der Waals surface area contributed by atoms with Gasteiger partial charge in [-0.05, 0) is 44.7 Å². The Kier molecular flexibility index (Phi) is 15.5. The molecule has 0 aromatic heterocycles. The number of alkyl carbamates (subject to hydrolysis) is 1. The Morgan fingerprint density at radius 1 is 0.913 bits per heavy atom. The zero-order valence-corrected chi connectivity index (χ0v) is 26.7.